The fourth-order valence-corrected chi connectivity index (χ4v) is 5.07. The summed E-state index contributed by atoms with van der Waals surface area (Å²) in [5.41, 5.74) is -0.964. The van der Waals surface area contributed by atoms with Crippen LogP contribution in [0.4, 0.5) is 0 Å². The number of ether oxygens (including phenoxy) is 1. The molecule has 1 unspecified atom stereocenters. The van der Waals surface area contributed by atoms with Crippen LogP contribution in [0.5, 0.6) is 5.75 Å². The number of hydrogen-bond acceptors (Lipinski definition) is 5. The van der Waals surface area contributed by atoms with Crippen LogP contribution in [0.1, 0.15) is 32.6 Å². The van der Waals surface area contributed by atoms with Gasteiger partial charge in [0.25, 0.3) is 5.91 Å². The van der Waals surface area contributed by atoms with Gasteiger partial charge in [-0.2, -0.15) is 0 Å². The van der Waals surface area contributed by atoms with Gasteiger partial charge in [-0.25, -0.2) is 8.42 Å². The molecule has 2 amide bonds. The van der Waals surface area contributed by atoms with Crippen molar-refractivity contribution in [2.75, 3.05) is 19.7 Å². The van der Waals surface area contributed by atoms with Crippen LogP contribution < -0.4 is 9.46 Å². The summed E-state index contributed by atoms with van der Waals surface area (Å²) in [6.45, 7) is 2.06. The van der Waals surface area contributed by atoms with E-state index < -0.39 is 26.6 Å². The molecule has 1 saturated heterocycles. The van der Waals surface area contributed by atoms with Crippen molar-refractivity contribution in [3.05, 3.63) is 28.2 Å². The number of hydrogen-bond donors (Lipinski definition) is 1. The lowest BCUT2D eigenvalue weighted by Crippen LogP contribution is -2.54. The summed E-state index contributed by atoms with van der Waals surface area (Å²) in [4.78, 5) is 26.7. The molecule has 3 rings (SSSR count). The predicted molar refractivity (Wildman–Crippen MR) is 106 cm³/mol. The molecule has 1 N–H and O–H groups in total. The van der Waals surface area contributed by atoms with E-state index in [0.29, 0.717) is 48.0 Å². The van der Waals surface area contributed by atoms with E-state index in [9.17, 15) is 18.0 Å². The lowest BCUT2D eigenvalue weighted by Gasteiger charge is -2.39. The van der Waals surface area contributed by atoms with Crippen LogP contribution in [0.2, 0.25) is 10.0 Å². The highest BCUT2D eigenvalue weighted by Crippen LogP contribution is 2.33. The minimum Gasteiger partial charge on any atom is -0.482 e. The van der Waals surface area contributed by atoms with E-state index in [1.165, 1.54) is 11.0 Å². The van der Waals surface area contributed by atoms with Crippen LogP contribution in [0, 0.1) is 5.41 Å². The second-order valence-corrected chi connectivity index (χ2v) is 10.3. The van der Waals surface area contributed by atoms with E-state index >= 15 is 0 Å². The number of nitrogens with zero attached hydrogens (tertiary/aromatic N) is 1. The SMILES string of the molecule is CC1(C(=O)NS(=O)(=O)C2CC2)CCCN(C(=O)COc2ccc(Cl)cc2Cl)C1. The molecule has 1 aromatic carbocycles. The third-order valence-electron chi connectivity index (χ3n) is 5.04. The number of nitrogens with one attached hydrogen (secondary N) is 1. The zero-order valence-corrected chi connectivity index (χ0v) is 17.7. The summed E-state index contributed by atoms with van der Waals surface area (Å²) in [5.74, 6) is -0.513. The highest BCUT2D eigenvalue weighted by Gasteiger charge is 2.44. The maximum Gasteiger partial charge on any atom is 0.260 e. The molecule has 0 aromatic heterocycles. The number of carbonyl (C=O) groups excluding carboxylic acids is 2. The van der Waals surface area contributed by atoms with Gasteiger partial charge in [-0.05, 0) is 50.8 Å². The Bertz CT molecular complexity index is 888. The van der Waals surface area contributed by atoms with Crippen molar-refractivity contribution in [1.82, 2.24) is 9.62 Å². The van der Waals surface area contributed by atoms with Crippen molar-refractivity contribution in [3.8, 4) is 5.75 Å². The molecule has 1 heterocycles. The van der Waals surface area contributed by atoms with E-state index in [1.807, 2.05) is 0 Å². The van der Waals surface area contributed by atoms with Crippen LogP contribution in [0.25, 0.3) is 0 Å². The Hall–Kier alpha value is -1.51. The first-order chi connectivity index (χ1) is 13.1. The minimum atomic E-state index is -3.62. The lowest BCUT2D eigenvalue weighted by atomic mass is 9.81. The summed E-state index contributed by atoms with van der Waals surface area (Å²) in [6.07, 6.45) is 2.26. The predicted octanol–water partition coefficient (Wildman–Crippen LogP) is 2.61. The minimum absolute atomic E-state index is 0.134. The Balaban J connectivity index is 1.59. The number of rotatable bonds is 6. The molecule has 0 radical (unpaired) electrons. The van der Waals surface area contributed by atoms with Gasteiger partial charge >= 0.3 is 0 Å². The molecule has 7 nitrogen and oxygen atoms in total. The average molecular weight is 449 g/mol. The molecule has 1 saturated carbocycles. The number of likely N-dealkylation sites (tertiary alicyclic amines) is 1. The Labute approximate surface area is 174 Å². The summed E-state index contributed by atoms with van der Waals surface area (Å²) < 4.78 is 31.8. The second-order valence-electron chi connectivity index (χ2n) is 7.52. The Morgan fingerprint density at radius 1 is 1.32 bits per heavy atom. The third-order valence-corrected chi connectivity index (χ3v) is 7.39. The lowest BCUT2D eigenvalue weighted by molar-refractivity contribution is -0.141. The zero-order chi connectivity index (χ0) is 20.5. The van der Waals surface area contributed by atoms with Gasteiger partial charge in [0.05, 0.1) is 15.7 Å². The van der Waals surface area contributed by atoms with Crippen molar-refractivity contribution in [3.63, 3.8) is 0 Å². The number of halogens is 2. The van der Waals surface area contributed by atoms with E-state index in [-0.39, 0.29) is 19.1 Å². The summed E-state index contributed by atoms with van der Waals surface area (Å²) in [7, 11) is -3.62. The van der Waals surface area contributed by atoms with Gasteiger partial charge < -0.3 is 9.64 Å². The average Bonchev–Trinajstić information content (AvgIpc) is 3.46. The van der Waals surface area contributed by atoms with Gasteiger partial charge in [-0.3, -0.25) is 14.3 Å². The van der Waals surface area contributed by atoms with E-state index in [2.05, 4.69) is 4.72 Å². The zero-order valence-electron chi connectivity index (χ0n) is 15.4. The fourth-order valence-electron chi connectivity index (χ4n) is 3.17. The quantitative estimate of drug-likeness (QED) is 0.721. The smallest absolute Gasteiger partial charge is 0.260 e. The van der Waals surface area contributed by atoms with Crippen LogP contribution >= 0.6 is 23.2 Å². The second kappa shape index (κ2) is 8.08. The van der Waals surface area contributed by atoms with Crippen LogP contribution in [0.3, 0.4) is 0 Å². The van der Waals surface area contributed by atoms with Gasteiger partial charge in [0.1, 0.15) is 5.75 Å². The largest absolute Gasteiger partial charge is 0.482 e. The number of benzene rings is 1. The maximum absolute atomic E-state index is 12.6. The van der Waals surface area contributed by atoms with Gasteiger partial charge in [-0.15, -0.1) is 0 Å². The Morgan fingerprint density at radius 2 is 2.04 bits per heavy atom. The van der Waals surface area contributed by atoms with Gasteiger partial charge in [0.15, 0.2) is 6.61 Å². The summed E-state index contributed by atoms with van der Waals surface area (Å²) >= 11 is 11.9. The molecule has 28 heavy (non-hydrogen) atoms. The van der Waals surface area contributed by atoms with Crippen LogP contribution in [-0.4, -0.2) is 50.1 Å². The highest BCUT2D eigenvalue weighted by atomic mass is 35.5. The number of sulfonamides is 1. The van der Waals surface area contributed by atoms with Gasteiger partial charge in [-0.1, -0.05) is 23.2 Å². The number of piperidine rings is 1. The summed E-state index contributed by atoms with van der Waals surface area (Å²) in [6, 6.07) is 4.70. The molecular formula is C18H22Cl2N2O5S. The molecule has 10 heteroatoms. The van der Waals surface area contributed by atoms with Gasteiger partial charge in [0.2, 0.25) is 15.9 Å². The van der Waals surface area contributed by atoms with Crippen molar-refractivity contribution in [2.24, 2.45) is 5.41 Å². The molecule has 0 spiro atoms. The molecule has 2 fully saturated rings. The number of carbonyl (C=O) groups is 2. The van der Waals surface area contributed by atoms with Gasteiger partial charge in [0, 0.05) is 18.1 Å². The molecule has 0 bridgehead atoms. The van der Waals surface area contributed by atoms with E-state index in [1.54, 1.807) is 19.1 Å². The molecule has 2 aliphatic rings. The molecular weight excluding hydrogens is 427 g/mol. The maximum atomic E-state index is 12.6. The fraction of sp³-hybridized carbons (Fsp3) is 0.556. The molecule has 1 aliphatic carbocycles. The first-order valence-corrected chi connectivity index (χ1v) is 11.3. The summed E-state index contributed by atoms with van der Waals surface area (Å²) in [5, 5.41) is 0.287. The Kier molecular flexibility index (Phi) is 6.12. The first kappa shape index (κ1) is 21.2. The van der Waals surface area contributed by atoms with Crippen molar-refractivity contribution >= 4 is 45.0 Å². The Morgan fingerprint density at radius 3 is 2.68 bits per heavy atom. The monoisotopic (exact) mass is 448 g/mol. The molecule has 1 atom stereocenters. The molecule has 1 aliphatic heterocycles. The number of amides is 2. The topological polar surface area (TPSA) is 92.8 Å². The third kappa shape index (κ3) is 4.90. The van der Waals surface area contributed by atoms with E-state index in [4.69, 9.17) is 27.9 Å². The van der Waals surface area contributed by atoms with Crippen LogP contribution in [0.15, 0.2) is 18.2 Å². The molecule has 1 aromatic rings. The van der Waals surface area contributed by atoms with Crippen molar-refractivity contribution in [2.45, 2.75) is 37.9 Å². The first-order valence-electron chi connectivity index (χ1n) is 9.02. The molecule has 154 valence electrons. The normalized spacial score (nSPS) is 22.6. The van der Waals surface area contributed by atoms with Crippen molar-refractivity contribution in [1.29, 1.82) is 0 Å². The highest BCUT2D eigenvalue weighted by molar-refractivity contribution is 7.90. The van der Waals surface area contributed by atoms with E-state index in [0.717, 1.165) is 0 Å². The van der Waals surface area contributed by atoms with Crippen LogP contribution in [-0.2, 0) is 19.6 Å². The standard InChI is InChI=1S/C18H22Cl2N2O5S/c1-18(17(24)21-28(25,26)13-4-5-13)7-2-8-22(11-18)16(23)10-27-15-6-3-12(19)9-14(15)20/h3,6,9,13H,2,4-5,7-8,10-11H2,1H3,(H,21,24). The van der Waals surface area contributed by atoms with Crippen molar-refractivity contribution < 1.29 is 22.7 Å².